The highest BCUT2D eigenvalue weighted by atomic mass is 79.9. The van der Waals surface area contributed by atoms with Crippen LogP contribution in [0.5, 0.6) is 0 Å². The van der Waals surface area contributed by atoms with Gasteiger partial charge in [0, 0.05) is 61.7 Å². The van der Waals surface area contributed by atoms with Crippen molar-refractivity contribution in [3.05, 3.63) is 46.2 Å². The number of benzene rings is 1. The van der Waals surface area contributed by atoms with Crippen LogP contribution >= 0.6 is 15.9 Å². The molecule has 2 aliphatic rings. The van der Waals surface area contributed by atoms with Crippen molar-refractivity contribution in [1.82, 2.24) is 14.8 Å². The number of amides is 1. The van der Waals surface area contributed by atoms with Crippen LogP contribution in [0.1, 0.15) is 48.5 Å². The lowest BCUT2D eigenvalue weighted by Gasteiger charge is -2.37. The summed E-state index contributed by atoms with van der Waals surface area (Å²) in [5.41, 5.74) is 8.95. The fourth-order valence-corrected chi connectivity index (χ4v) is 5.19. The number of rotatable bonds is 5. The number of amidine groups is 1. The zero-order valence-corrected chi connectivity index (χ0v) is 21.9. The number of piperidine rings is 2. The van der Waals surface area contributed by atoms with Crippen molar-refractivity contribution in [2.75, 3.05) is 49.6 Å². The molecule has 4 rings (SSSR count). The Morgan fingerprint density at radius 3 is 2.69 bits per heavy atom. The molecule has 3 heterocycles. The lowest BCUT2D eigenvalue weighted by atomic mass is 9.93. The number of nitrogen functional groups attached to an aromatic ring is 1. The highest BCUT2D eigenvalue weighted by Gasteiger charge is 2.32. The third-order valence-electron chi connectivity index (χ3n) is 6.88. The van der Waals surface area contributed by atoms with Crippen LogP contribution in [-0.2, 0) is 0 Å². The van der Waals surface area contributed by atoms with Crippen molar-refractivity contribution in [1.29, 1.82) is 5.41 Å². The summed E-state index contributed by atoms with van der Waals surface area (Å²) >= 11 is 3.48. The average molecular weight is 544 g/mol. The van der Waals surface area contributed by atoms with E-state index in [9.17, 15) is 9.90 Å². The van der Waals surface area contributed by atoms with Gasteiger partial charge in [0.15, 0.2) is 0 Å². The van der Waals surface area contributed by atoms with Crippen LogP contribution < -0.4 is 16.4 Å². The van der Waals surface area contributed by atoms with E-state index in [1.54, 1.807) is 23.4 Å². The minimum atomic E-state index is -0.730. The number of hydrogen-bond donors (Lipinski definition) is 5. The van der Waals surface area contributed by atoms with E-state index in [2.05, 4.69) is 31.5 Å². The zero-order chi connectivity index (χ0) is 25.2. The maximum Gasteiger partial charge on any atom is 0.256 e. The standard InChI is InChI=1S/C25H34BrN7O2/c1-25(35)5-8-32(9-6-25)24(34)20-11-17(26)12-21(27)22(20)31-18-4-3-7-33(15-18)23(28)16-10-19(29-2)14-30-13-16/h10-14,18,28-29,31,35H,3-9,15,27H2,1-2H3/t18-/m1/s1. The number of hydrogen-bond acceptors (Lipinski definition) is 7. The second-order valence-electron chi connectivity index (χ2n) is 9.70. The summed E-state index contributed by atoms with van der Waals surface area (Å²) in [6.45, 7) is 4.24. The van der Waals surface area contributed by atoms with Crippen LogP contribution in [0.2, 0.25) is 0 Å². The number of aliphatic hydroxyl groups is 1. The fourth-order valence-electron chi connectivity index (χ4n) is 4.71. The largest absolute Gasteiger partial charge is 0.397 e. The van der Waals surface area contributed by atoms with Crippen molar-refractivity contribution in [3.8, 4) is 0 Å². The molecule has 9 nitrogen and oxygen atoms in total. The minimum Gasteiger partial charge on any atom is -0.397 e. The van der Waals surface area contributed by atoms with Gasteiger partial charge < -0.3 is 31.3 Å². The summed E-state index contributed by atoms with van der Waals surface area (Å²) in [4.78, 5) is 21.5. The third kappa shape index (κ3) is 5.87. The van der Waals surface area contributed by atoms with Crippen LogP contribution in [0.25, 0.3) is 0 Å². The molecule has 1 aromatic heterocycles. The number of aromatic nitrogens is 1. The smallest absolute Gasteiger partial charge is 0.256 e. The van der Waals surface area contributed by atoms with Gasteiger partial charge in [0.2, 0.25) is 0 Å². The molecule has 10 heteroatoms. The Bertz CT molecular complexity index is 1100. The molecule has 0 saturated carbocycles. The normalized spacial score (nSPS) is 19.8. The van der Waals surface area contributed by atoms with E-state index in [0.717, 1.165) is 35.1 Å². The first-order valence-electron chi connectivity index (χ1n) is 12.0. The second-order valence-corrected chi connectivity index (χ2v) is 10.6. The van der Waals surface area contributed by atoms with E-state index < -0.39 is 5.60 Å². The average Bonchev–Trinajstić information content (AvgIpc) is 2.85. The van der Waals surface area contributed by atoms with Crippen LogP contribution in [0.4, 0.5) is 17.1 Å². The number of nitrogens with zero attached hydrogens (tertiary/aromatic N) is 3. The number of carbonyl (C=O) groups excluding carboxylic acids is 1. The number of anilines is 3. The Labute approximate surface area is 214 Å². The summed E-state index contributed by atoms with van der Waals surface area (Å²) in [6, 6.07) is 5.57. The molecule has 2 aromatic rings. The van der Waals surface area contributed by atoms with Gasteiger partial charge in [-0.05, 0) is 50.8 Å². The molecule has 1 aromatic carbocycles. The molecule has 6 N–H and O–H groups in total. The Morgan fingerprint density at radius 2 is 1.97 bits per heavy atom. The van der Waals surface area contributed by atoms with Gasteiger partial charge in [0.05, 0.1) is 28.2 Å². The second kappa shape index (κ2) is 10.4. The molecule has 188 valence electrons. The van der Waals surface area contributed by atoms with Crippen LogP contribution in [-0.4, -0.2) is 76.5 Å². The maximum absolute atomic E-state index is 13.5. The summed E-state index contributed by atoms with van der Waals surface area (Å²) in [5, 5.41) is 25.6. The maximum atomic E-state index is 13.5. The molecule has 0 aliphatic carbocycles. The first-order chi connectivity index (χ1) is 16.7. The SMILES string of the molecule is CNc1cncc(C(=N)N2CCC[C@@H](Nc3c(N)cc(Br)cc3C(=O)N3CCC(C)(O)CC3)C2)c1. The predicted octanol–water partition coefficient (Wildman–Crippen LogP) is 3.36. The van der Waals surface area contributed by atoms with Gasteiger partial charge in [0.25, 0.3) is 5.91 Å². The molecule has 35 heavy (non-hydrogen) atoms. The predicted molar refractivity (Wildman–Crippen MR) is 143 cm³/mol. The van der Waals surface area contributed by atoms with Crippen LogP contribution in [0, 0.1) is 5.41 Å². The number of nitrogens with two attached hydrogens (primary N) is 1. The number of halogens is 1. The van der Waals surface area contributed by atoms with E-state index in [4.69, 9.17) is 11.1 Å². The highest BCUT2D eigenvalue weighted by molar-refractivity contribution is 9.10. The molecule has 1 amide bonds. The van der Waals surface area contributed by atoms with E-state index in [1.165, 1.54) is 0 Å². The van der Waals surface area contributed by atoms with Crippen molar-refractivity contribution in [3.63, 3.8) is 0 Å². The Hall–Kier alpha value is -2.85. The number of nitrogens with one attached hydrogen (secondary N) is 3. The van der Waals surface area contributed by atoms with Crippen molar-refractivity contribution >= 4 is 44.7 Å². The molecule has 0 spiro atoms. The van der Waals surface area contributed by atoms with Gasteiger partial charge in [-0.25, -0.2) is 0 Å². The van der Waals surface area contributed by atoms with E-state index >= 15 is 0 Å². The van der Waals surface area contributed by atoms with E-state index in [1.807, 2.05) is 31.0 Å². The van der Waals surface area contributed by atoms with Gasteiger partial charge in [-0.2, -0.15) is 0 Å². The van der Waals surface area contributed by atoms with Gasteiger partial charge in [-0.1, -0.05) is 15.9 Å². The zero-order valence-electron chi connectivity index (χ0n) is 20.3. The topological polar surface area (TPSA) is 131 Å². The van der Waals surface area contributed by atoms with Gasteiger partial charge in [-0.15, -0.1) is 0 Å². The molecule has 2 fully saturated rings. The summed E-state index contributed by atoms with van der Waals surface area (Å²) in [6.07, 6.45) is 6.37. The van der Waals surface area contributed by atoms with Gasteiger partial charge in [0.1, 0.15) is 5.84 Å². The summed E-state index contributed by atoms with van der Waals surface area (Å²) < 4.78 is 0.747. The van der Waals surface area contributed by atoms with Crippen LogP contribution in [0.3, 0.4) is 0 Å². The first-order valence-corrected chi connectivity index (χ1v) is 12.8. The molecule has 0 radical (unpaired) electrons. The first kappa shape index (κ1) is 25.2. The molecule has 2 aliphatic heterocycles. The minimum absolute atomic E-state index is 0.0293. The third-order valence-corrected chi connectivity index (χ3v) is 7.34. The van der Waals surface area contributed by atoms with Crippen LogP contribution in [0.15, 0.2) is 35.1 Å². The number of pyridine rings is 1. The Morgan fingerprint density at radius 1 is 1.23 bits per heavy atom. The van der Waals surface area contributed by atoms with Gasteiger partial charge in [-0.3, -0.25) is 15.2 Å². The lowest BCUT2D eigenvalue weighted by molar-refractivity contribution is -0.00200. The molecular formula is C25H34BrN7O2. The fraction of sp³-hybridized carbons (Fsp3) is 0.480. The molecule has 0 unspecified atom stereocenters. The number of likely N-dealkylation sites (tertiary alicyclic amines) is 2. The Balaban J connectivity index is 1.51. The number of carbonyl (C=O) groups is 1. The van der Waals surface area contributed by atoms with Crippen molar-refractivity contribution in [2.45, 2.75) is 44.2 Å². The van der Waals surface area contributed by atoms with E-state index in [0.29, 0.717) is 55.2 Å². The molecule has 2 saturated heterocycles. The molecule has 0 bridgehead atoms. The Kier molecular flexibility index (Phi) is 7.51. The highest BCUT2D eigenvalue weighted by Crippen LogP contribution is 2.33. The molecular weight excluding hydrogens is 510 g/mol. The van der Waals surface area contributed by atoms with Gasteiger partial charge >= 0.3 is 0 Å². The lowest BCUT2D eigenvalue weighted by Crippen LogP contribution is -2.46. The quantitative estimate of drug-likeness (QED) is 0.222. The summed E-state index contributed by atoms with van der Waals surface area (Å²) in [7, 11) is 1.83. The summed E-state index contributed by atoms with van der Waals surface area (Å²) in [5.74, 6) is 0.341. The monoisotopic (exact) mass is 543 g/mol. The van der Waals surface area contributed by atoms with Crippen molar-refractivity contribution < 1.29 is 9.90 Å². The van der Waals surface area contributed by atoms with E-state index in [-0.39, 0.29) is 11.9 Å². The van der Waals surface area contributed by atoms with Crippen molar-refractivity contribution in [2.24, 2.45) is 0 Å². The molecule has 1 atom stereocenters.